The minimum Gasteiger partial charge on any atom is -0.479 e. The maximum absolute atomic E-state index is 14.0. The number of carbonyl (C=O) groups is 2. The van der Waals surface area contributed by atoms with Gasteiger partial charge in [-0.2, -0.15) is 0 Å². The molecule has 17 nitrogen and oxygen atoms in total. The van der Waals surface area contributed by atoms with Crippen LogP contribution in [0.15, 0.2) is 11.6 Å². The van der Waals surface area contributed by atoms with Crippen molar-refractivity contribution in [1.29, 1.82) is 0 Å². The summed E-state index contributed by atoms with van der Waals surface area (Å²) in [5.74, 6) is -1.46. The Bertz CT molecular complexity index is 1790. The van der Waals surface area contributed by atoms with E-state index in [0.29, 0.717) is 12.8 Å². The number of aldehydes is 1. The van der Waals surface area contributed by atoms with E-state index in [1.54, 1.807) is 0 Å². The molecule has 0 radical (unpaired) electrons. The lowest BCUT2D eigenvalue weighted by atomic mass is 9.33. The molecule has 0 aromatic rings. The van der Waals surface area contributed by atoms with Crippen molar-refractivity contribution in [2.45, 2.75) is 211 Å². The molecule has 4 saturated carbocycles. The van der Waals surface area contributed by atoms with E-state index in [2.05, 4.69) is 40.7 Å². The molecule has 64 heavy (non-hydrogen) atoms. The molecular formula is C47H74O17. The van der Waals surface area contributed by atoms with Gasteiger partial charge in [0.1, 0.15) is 61.2 Å². The topological polar surface area (TPSA) is 272 Å². The van der Waals surface area contributed by atoms with Gasteiger partial charge in [-0.1, -0.05) is 60.1 Å². The number of fused-ring (bicyclic) bond motifs is 7. The molecule has 0 amide bonds. The Balaban J connectivity index is 1.06. The van der Waals surface area contributed by atoms with Crippen LogP contribution in [0.2, 0.25) is 0 Å². The average Bonchev–Trinajstić information content (AvgIpc) is 3.22. The molecule has 23 atom stereocenters. The average molecular weight is 911 g/mol. The normalized spacial score (nSPS) is 54.6. The van der Waals surface area contributed by atoms with E-state index in [0.717, 1.165) is 44.9 Å². The highest BCUT2D eigenvalue weighted by Gasteiger charge is 2.70. The van der Waals surface area contributed by atoms with Crippen molar-refractivity contribution in [1.82, 2.24) is 0 Å². The summed E-state index contributed by atoms with van der Waals surface area (Å²) in [5, 5.41) is 97.3. The molecule has 17 heteroatoms. The van der Waals surface area contributed by atoms with Crippen LogP contribution in [0.4, 0.5) is 0 Å². The molecule has 8 rings (SSSR count). The zero-order valence-electron chi connectivity index (χ0n) is 38.5. The number of ether oxygens (including phenoxy) is 6. The van der Waals surface area contributed by atoms with Crippen LogP contribution in [0.3, 0.4) is 0 Å². The van der Waals surface area contributed by atoms with Crippen molar-refractivity contribution in [2.24, 2.45) is 50.2 Å². The fourth-order valence-electron chi connectivity index (χ4n) is 14.6. The summed E-state index contributed by atoms with van der Waals surface area (Å²) in [5.41, 5.74) is -0.586. The molecular weight excluding hydrogens is 837 g/mol. The molecule has 0 bridgehead atoms. The Labute approximate surface area is 375 Å². The second kappa shape index (κ2) is 16.8. The molecule has 364 valence electrons. The number of aliphatic carboxylic acids is 1. The molecule has 5 aliphatic carbocycles. The second-order valence-corrected chi connectivity index (χ2v) is 23.0. The fourth-order valence-corrected chi connectivity index (χ4v) is 14.6. The first-order valence-electron chi connectivity index (χ1n) is 23.5. The molecule has 0 unspecified atom stereocenters. The highest BCUT2D eigenvalue weighted by molar-refractivity contribution is 5.73. The number of allylic oxidation sites excluding steroid dienone is 2. The zero-order chi connectivity index (χ0) is 46.9. The highest BCUT2D eigenvalue weighted by Crippen LogP contribution is 2.75. The van der Waals surface area contributed by atoms with Crippen LogP contribution in [0, 0.1) is 50.2 Å². The SMILES string of the molecule is C[C@@H]1O[C@@H](O[C@H]2[C@H](O[C@H]3[C@H](O[C@H]4CC[C@@]5(C=O)[C@H](CC[C@]6(C)[C@H]5CC=C5[C@H]7CC(C)(C)C[C@@H](O)[C@]7(C)CC[C@]56C)C4(C)C)O[C@H](C(=O)O)[C@@H](O)[C@@H]3O)OC[C@@H](O)[C@@H]2O)[C@H](O)[C@H](O)[C@H]1O. The van der Waals surface area contributed by atoms with Crippen molar-refractivity contribution in [3.8, 4) is 0 Å². The lowest BCUT2D eigenvalue weighted by Gasteiger charge is -2.71. The molecule has 8 aliphatic rings. The third-order valence-electron chi connectivity index (χ3n) is 18.8. The van der Waals surface area contributed by atoms with Crippen molar-refractivity contribution in [3.05, 3.63) is 11.6 Å². The summed E-state index contributed by atoms with van der Waals surface area (Å²) >= 11 is 0. The van der Waals surface area contributed by atoms with Crippen LogP contribution in [0.1, 0.15) is 113 Å². The number of carbonyl (C=O) groups excluding carboxylic acids is 1. The molecule has 0 aromatic heterocycles. The number of hydrogen-bond acceptors (Lipinski definition) is 16. The first-order chi connectivity index (χ1) is 29.8. The van der Waals surface area contributed by atoms with Crippen LogP contribution in [-0.2, 0) is 38.0 Å². The standard InChI is InChI=1S/C47H74O17/c1-21-29(51)31(53)34(56)39(60-21)63-36-30(52)24(49)19-59-40(36)64-37-33(55)32(54)35(38(57)58)62-41(37)61-28-12-14-47(20-48)25(43(28,4)5)11-13-46(8)26(47)10-9-22-23-17-42(2,3)18-27(50)44(23,6)15-16-45(22,46)7/h9,20-21,23-37,39-41,49-56H,10-19H2,1-8H3,(H,57,58)/t21-,23+,24+,25+,26+,27+,28-,29-,30-,31+,32-,33-,34+,35-,36+,37+,39-,40-,41+,44+,45+,46+,47+/m0/s1. The van der Waals surface area contributed by atoms with Crippen molar-refractivity contribution >= 4 is 12.3 Å². The number of carboxylic acids is 1. The van der Waals surface area contributed by atoms with Gasteiger partial charge in [-0.05, 0) is 104 Å². The maximum atomic E-state index is 14.0. The molecule has 3 aliphatic heterocycles. The van der Waals surface area contributed by atoms with Gasteiger partial charge in [0, 0.05) is 10.8 Å². The predicted octanol–water partition coefficient (Wildman–Crippen LogP) is 1.55. The fraction of sp³-hybridized carbons (Fsp3) is 0.915. The smallest absolute Gasteiger partial charge is 0.335 e. The van der Waals surface area contributed by atoms with Gasteiger partial charge in [0.25, 0.3) is 0 Å². The van der Waals surface area contributed by atoms with Gasteiger partial charge in [-0.25, -0.2) is 4.79 Å². The Morgan fingerprint density at radius 2 is 1.39 bits per heavy atom. The van der Waals surface area contributed by atoms with Crippen molar-refractivity contribution in [3.63, 3.8) is 0 Å². The van der Waals surface area contributed by atoms with Crippen LogP contribution in [0.5, 0.6) is 0 Å². The third kappa shape index (κ3) is 7.40. The summed E-state index contributed by atoms with van der Waals surface area (Å²) in [7, 11) is 0. The van der Waals surface area contributed by atoms with E-state index in [-0.39, 0.29) is 45.5 Å². The number of hydrogen-bond donors (Lipinski definition) is 9. The minimum atomic E-state index is -2.01. The third-order valence-corrected chi connectivity index (χ3v) is 18.8. The maximum Gasteiger partial charge on any atom is 0.335 e. The van der Waals surface area contributed by atoms with Gasteiger partial charge in [-0.15, -0.1) is 0 Å². The van der Waals surface area contributed by atoms with E-state index in [1.807, 2.05) is 13.8 Å². The first kappa shape index (κ1) is 48.8. The number of rotatable bonds is 8. The quantitative estimate of drug-likeness (QED) is 0.0950. The number of aliphatic hydroxyl groups excluding tert-OH is 8. The molecule has 7 fully saturated rings. The predicted molar refractivity (Wildman–Crippen MR) is 224 cm³/mol. The molecule has 3 saturated heterocycles. The summed E-state index contributed by atoms with van der Waals surface area (Å²) in [6, 6.07) is 0. The second-order valence-electron chi connectivity index (χ2n) is 23.0. The van der Waals surface area contributed by atoms with Crippen molar-refractivity contribution < 1.29 is 84.0 Å². The summed E-state index contributed by atoms with van der Waals surface area (Å²) in [6.07, 6.45) is -14.0. The Morgan fingerprint density at radius 3 is 2.06 bits per heavy atom. The first-order valence-corrected chi connectivity index (χ1v) is 23.5. The molecule has 0 spiro atoms. The summed E-state index contributed by atoms with van der Waals surface area (Å²) in [6.45, 7) is 16.6. The van der Waals surface area contributed by atoms with Gasteiger partial charge in [0.05, 0.1) is 24.9 Å². The van der Waals surface area contributed by atoms with Crippen LogP contribution < -0.4 is 0 Å². The largest absolute Gasteiger partial charge is 0.479 e. The van der Waals surface area contributed by atoms with Crippen LogP contribution in [-0.4, -0.2) is 163 Å². The minimum absolute atomic E-state index is 0.0000364. The van der Waals surface area contributed by atoms with Crippen LogP contribution in [0.25, 0.3) is 0 Å². The van der Waals surface area contributed by atoms with Crippen molar-refractivity contribution in [2.75, 3.05) is 6.61 Å². The van der Waals surface area contributed by atoms with E-state index in [4.69, 9.17) is 28.4 Å². The van der Waals surface area contributed by atoms with E-state index >= 15 is 0 Å². The van der Waals surface area contributed by atoms with Gasteiger partial charge in [0.15, 0.2) is 25.0 Å². The van der Waals surface area contributed by atoms with Gasteiger partial charge in [0.2, 0.25) is 0 Å². The monoisotopic (exact) mass is 910 g/mol. The lowest BCUT2D eigenvalue weighted by molar-refractivity contribution is -0.386. The zero-order valence-corrected chi connectivity index (χ0v) is 38.5. The molecule has 0 aromatic carbocycles. The summed E-state index contributed by atoms with van der Waals surface area (Å²) in [4.78, 5) is 26.4. The lowest BCUT2D eigenvalue weighted by Crippen LogP contribution is -2.68. The Kier molecular flexibility index (Phi) is 12.8. The Morgan fingerprint density at radius 1 is 0.719 bits per heavy atom. The summed E-state index contributed by atoms with van der Waals surface area (Å²) < 4.78 is 36.0. The van der Waals surface area contributed by atoms with Crippen LogP contribution >= 0.6 is 0 Å². The number of aliphatic hydroxyl groups is 8. The van der Waals surface area contributed by atoms with Gasteiger partial charge >= 0.3 is 5.97 Å². The van der Waals surface area contributed by atoms with Gasteiger partial charge < -0.3 is 79.2 Å². The highest BCUT2D eigenvalue weighted by atomic mass is 16.8. The molecule has 9 N–H and O–H groups in total. The Hall–Kier alpha value is -1.68. The van der Waals surface area contributed by atoms with E-state index in [9.17, 15) is 55.5 Å². The van der Waals surface area contributed by atoms with E-state index in [1.165, 1.54) is 18.8 Å². The number of carboxylic acid groups (broad SMARTS) is 1. The molecule has 3 heterocycles. The van der Waals surface area contributed by atoms with Gasteiger partial charge in [-0.3, -0.25) is 0 Å². The van der Waals surface area contributed by atoms with E-state index < -0.39 is 116 Å².